The molecule has 0 amide bonds. The first-order chi connectivity index (χ1) is 2.41. The zero-order valence-corrected chi connectivity index (χ0v) is 4.33. The largest absolute Gasteiger partial charge is 0.103 e. The van der Waals surface area contributed by atoms with Crippen molar-refractivity contribution in [2.75, 3.05) is 12.8 Å². The van der Waals surface area contributed by atoms with Crippen LogP contribution >= 0.6 is 8.58 Å². The van der Waals surface area contributed by atoms with Crippen LogP contribution in [-0.2, 0) is 0 Å². The van der Waals surface area contributed by atoms with Gasteiger partial charge >= 0.3 is 0 Å². The summed E-state index contributed by atoms with van der Waals surface area (Å²) >= 11 is 0. The first kappa shape index (κ1) is 5.17. The second-order valence-corrected chi connectivity index (χ2v) is 1.79. The fraction of sp³-hybridized carbons (Fsp3) is 0.500. The van der Waals surface area contributed by atoms with Gasteiger partial charge in [0.2, 0.25) is 0 Å². The van der Waals surface area contributed by atoms with Gasteiger partial charge in [-0.3, -0.25) is 0 Å². The minimum absolute atomic E-state index is 1.12. The van der Waals surface area contributed by atoms with E-state index < -0.39 is 0 Å². The smallest absolute Gasteiger partial charge is 0.0111 e. The maximum Gasteiger partial charge on any atom is -0.0111 e. The summed E-state index contributed by atoms with van der Waals surface area (Å²) in [5.74, 6) is 0. The lowest BCUT2D eigenvalue weighted by Gasteiger charge is -1.72. The molecule has 0 saturated heterocycles. The van der Waals surface area contributed by atoms with E-state index in [-0.39, 0.29) is 0 Å². The minimum atomic E-state index is 1.12. The molecule has 0 aromatic carbocycles. The van der Waals surface area contributed by atoms with Gasteiger partial charge in [0.1, 0.15) is 0 Å². The second-order valence-electron chi connectivity index (χ2n) is 0.787. The lowest BCUT2D eigenvalue weighted by atomic mass is 10.8. The van der Waals surface area contributed by atoms with E-state index in [4.69, 9.17) is 0 Å². The van der Waals surface area contributed by atoms with Crippen LogP contribution in [0.1, 0.15) is 0 Å². The highest BCUT2D eigenvalue weighted by molar-refractivity contribution is 7.37. The van der Waals surface area contributed by atoms with Crippen molar-refractivity contribution in [2.24, 2.45) is 0 Å². The first-order valence-corrected chi connectivity index (χ1v) is 3.11. The van der Waals surface area contributed by atoms with Gasteiger partial charge in [0.05, 0.1) is 0 Å². The molecule has 0 atom stereocenters. The maximum absolute atomic E-state index is 3.54. The number of allylic oxidation sites excluding steroid dienone is 1. The van der Waals surface area contributed by atoms with Crippen molar-refractivity contribution in [3.8, 4) is 0 Å². The minimum Gasteiger partial charge on any atom is -0.103 e. The third-order valence-corrected chi connectivity index (χ3v) is 0.935. The normalized spacial score (nSPS) is 9.80. The summed E-state index contributed by atoms with van der Waals surface area (Å²) in [4.78, 5) is 0. The molecule has 0 saturated carbocycles. The third-order valence-electron chi connectivity index (χ3n) is 0.312. The monoisotopic (exact) mass is 87.0 g/mol. The Morgan fingerprint density at radius 1 is 2.00 bits per heavy atom. The van der Waals surface area contributed by atoms with Crippen LogP contribution in [0.5, 0.6) is 0 Å². The van der Waals surface area contributed by atoms with Crippen LogP contribution in [0.2, 0.25) is 0 Å². The fourth-order valence-electron chi connectivity index (χ4n) is 0.129. The number of rotatable bonds is 2. The molecule has 0 aliphatic rings. The van der Waals surface area contributed by atoms with Crippen LogP contribution in [0.3, 0.4) is 0 Å². The molecule has 0 rings (SSSR count). The average Bonchev–Trinajstić information content (AvgIpc) is 1.41. The van der Waals surface area contributed by atoms with Crippen LogP contribution in [0.4, 0.5) is 0 Å². The van der Waals surface area contributed by atoms with E-state index in [2.05, 4.69) is 13.2 Å². The van der Waals surface area contributed by atoms with Gasteiger partial charge < -0.3 is 0 Å². The molecule has 0 heterocycles. The SMILES string of the molecule is C=CC[P]C. The van der Waals surface area contributed by atoms with Gasteiger partial charge in [-0.15, -0.1) is 6.58 Å². The molecular formula is C4H8P. The predicted molar refractivity (Wildman–Crippen MR) is 27.9 cm³/mol. The third kappa shape index (κ3) is 4.17. The maximum atomic E-state index is 3.54. The summed E-state index contributed by atoms with van der Waals surface area (Å²) in [5.41, 5.74) is 0. The molecule has 0 aliphatic carbocycles. The van der Waals surface area contributed by atoms with Crippen molar-refractivity contribution in [2.45, 2.75) is 0 Å². The summed E-state index contributed by atoms with van der Waals surface area (Å²) in [7, 11) is 1.41. The van der Waals surface area contributed by atoms with Gasteiger partial charge in [0.15, 0.2) is 0 Å². The van der Waals surface area contributed by atoms with Gasteiger partial charge in [-0.25, -0.2) is 0 Å². The van der Waals surface area contributed by atoms with Crippen LogP contribution in [-0.4, -0.2) is 12.8 Å². The lowest BCUT2D eigenvalue weighted by Crippen LogP contribution is -1.53. The van der Waals surface area contributed by atoms with E-state index in [1.165, 1.54) is 8.58 Å². The van der Waals surface area contributed by atoms with Crippen molar-refractivity contribution in [3.05, 3.63) is 12.7 Å². The molecule has 0 N–H and O–H groups in total. The zero-order valence-electron chi connectivity index (χ0n) is 3.44. The van der Waals surface area contributed by atoms with Crippen molar-refractivity contribution in [1.82, 2.24) is 0 Å². The highest BCUT2D eigenvalue weighted by atomic mass is 31.1. The van der Waals surface area contributed by atoms with Gasteiger partial charge in [0, 0.05) is 0 Å². The molecule has 0 bridgehead atoms. The first-order valence-electron chi connectivity index (χ1n) is 1.58. The van der Waals surface area contributed by atoms with E-state index in [1.807, 2.05) is 6.08 Å². The zero-order chi connectivity index (χ0) is 4.12. The lowest BCUT2D eigenvalue weighted by molar-refractivity contribution is 1.80. The molecule has 0 fully saturated rings. The summed E-state index contributed by atoms with van der Waals surface area (Å²) in [6.45, 7) is 5.66. The van der Waals surface area contributed by atoms with E-state index in [9.17, 15) is 0 Å². The van der Waals surface area contributed by atoms with E-state index in [0.717, 1.165) is 6.16 Å². The van der Waals surface area contributed by atoms with Gasteiger partial charge in [-0.1, -0.05) is 14.7 Å². The summed E-state index contributed by atoms with van der Waals surface area (Å²) in [6.07, 6.45) is 3.04. The number of hydrogen-bond acceptors (Lipinski definition) is 0. The van der Waals surface area contributed by atoms with Crippen LogP contribution in [0, 0.1) is 0 Å². The van der Waals surface area contributed by atoms with E-state index >= 15 is 0 Å². The van der Waals surface area contributed by atoms with Gasteiger partial charge in [-0.05, 0) is 12.8 Å². The molecule has 1 radical (unpaired) electrons. The number of hydrogen-bond donors (Lipinski definition) is 0. The molecule has 0 aromatic heterocycles. The molecule has 0 spiro atoms. The fourth-order valence-corrected chi connectivity index (χ4v) is 0.387. The Balaban J connectivity index is 2.40. The second kappa shape index (κ2) is 4.17. The molecule has 5 heavy (non-hydrogen) atoms. The molecule has 0 unspecified atom stereocenters. The van der Waals surface area contributed by atoms with Gasteiger partial charge in [-0.2, -0.15) is 0 Å². The predicted octanol–water partition coefficient (Wildman–Crippen LogP) is 1.75. The summed E-state index contributed by atoms with van der Waals surface area (Å²) < 4.78 is 0. The van der Waals surface area contributed by atoms with Crippen molar-refractivity contribution in [1.29, 1.82) is 0 Å². The molecule has 0 aromatic rings. The van der Waals surface area contributed by atoms with Gasteiger partial charge in [0.25, 0.3) is 0 Å². The van der Waals surface area contributed by atoms with E-state index in [1.54, 1.807) is 0 Å². The Hall–Kier alpha value is 0.170. The quantitative estimate of drug-likeness (QED) is 0.355. The Morgan fingerprint density at radius 3 is 2.60 bits per heavy atom. The van der Waals surface area contributed by atoms with Crippen LogP contribution < -0.4 is 0 Å². The summed E-state index contributed by atoms with van der Waals surface area (Å²) in [6, 6.07) is 0. The van der Waals surface area contributed by atoms with Crippen molar-refractivity contribution in [3.63, 3.8) is 0 Å². The Labute approximate surface area is 35.1 Å². The van der Waals surface area contributed by atoms with Crippen LogP contribution in [0.15, 0.2) is 12.7 Å². The molecular weight excluding hydrogens is 79.0 g/mol. The molecule has 1 heteroatoms. The Kier molecular flexibility index (Phi) is 4.31. The van der Waals surface area contributed by atoms with Crippen molar-refractivity contribution >= 4 is 8.58 Å². The highest BCUT2D eigenvalue weighted by Crippen LogP contribution is 1.98. The molecule has 29 valence electrons. The standard InChI is InChI=1S/C4H8P/c1-3-4-5-2/h3H,1,4H2,2H3. The molecule has 0 nitrogen and oxygen atoms in total. The topological polar surface area (TPSA) is 0 Å². The Morgan fingerprint density at radius 2 is 2.60 bits per heavy atom. The van der Waals surface area contributed by atoms with Crippen molar-refractivity contribution < 1.29 is 0 Å². The average molecular weight is 87.1 g/mol. The summed E-state index contributed by atoms with van der Waals surface area (Å²) in [5, 5.41) is 0. The Bertz CT molecular complexity index is 24.8. The van der Waals surface area contributed by atoms with E-state index in [0.29, 0.717) is 0 Å². The van der Waals surface area contributed by atoms with Crippen LogP contribution in [0.25, 0.3) is 0 Å². The molecule has 0 aliphatic heterocycles. The highest BCUT2D eigenvalue weighted by Gasteiger charge is 1.62.